The molecule has 1 aromatic heterocycles. The molecule has 7 nitrogen and oxygen atoms in total. The first-order valence-electron chi connectivity index (χ1n) is 7.18. The number of aliphatic hydroxyl groups is 1. The summed E-state index contributed by atoms with van der Waals surface area (Å²) in [4.78, 5) is 28.7. The van der Waals surface area contributed by atoms with E-state index in [0.29, 0.717) is 12.0 Å². The van der Waals surface area contributed by atoms with E-state index >= 15 is 0 Å². The van der Waals surface area contributed by atoms with Crippen LogP contribution in [0.1, 0.15) is 16.8 Å². The minimum absolute atomic E-state index is 0.0702. The molecule has 2 bridgehead atoms. The summed E-state index contributed by atoms with van der Waals surface area (Å²) in [5, 5.41) is 10.9. The fraction of sp³-hybridized carbons (Fsp3) is 0.400. The number of carbonyl (C=O) groups excluding carboxylic acids is 2. The van der Waals surface area contributed by atoms with E-state index < -0.39 is 17.6 Å². The van der Waals surface area contributed by atoms with Crippen LogP contribution in [-0.4, -0.2) is 51.3 Å². The second kappa shape index (κ2) is 4.62. The third-order valence-corrected chi connectivity index (χ3v) is 4.63. The quantitative estimate of drug-likeness (QED) is 0.744. The Kier molecular flexibility index (Phi) is 2.82. The zero-order valence-corrected chi connectivity index (χ0v) is 11.7. The summed E-state index contributed by atoms with van der Waals surface area (Å²) in [6.45, 7) is -0.285. The highest BCUT2D eigenvalue weighted by Gasteiger charge is 2.66. The Bertz CT molecular complexity index is 662. The highest BCUT2D eigenvalue weighted by molar-refractivity contribution is 5.96. The molecular weight excluding hydrogens is 286 g/mol. The fourth-order valence-electron chi connectivity index (χ4n) is 3.61. The van der Waals surface area contributed by atoms with Gasteiger partial charge in [0.1, 0.15) is 11.6 Å². The minimum Gasteiger partial charge on any atom is -0.394 e. The van der Waals surface area contributed by atoms with Gasteiger partial charge in [-0.05, 0) is 18.6 Å². The van der Waals surface area contributed by atoms with Crippen molar-refractivity contribution < 1.29 is 19.4 Å². The number of amides is 2. The Morgan fingerprint density at radius 1 is 1.59 bits per heavy atom. The van der Waals surface area contributed by atoms with Crippen molar-refractivity contribution in [3.8, 4) is 0 Å². The van der Waals surface area contributed by atoms with Crippen molar-refractivity contribution in [2.24, 2.45) is 5.92 Å². The molecule has 0 unspecified atom stereocenters. The first kappa shape index (κ1) is 13.4. The van der Waals surface area contributed by atoms with Gasteiger partial charge in [-0.15, -0.1) is 0 Å². The molecule has 114 valence electrons. The number of nitrogens with zero attached hydrogens (tertiary/aromatic N) is 2. The highest BCUT2D eigenvalue weighted by atomic mass is 16.5. The van der Waals surface area contributed by atoms with Gasteiger partial charge in [-0.2, -0.15) is 0 Å². The van der Waals surface area contributed by atoms with Crippen molar-refractivity contribution in [2.45, 2.75) is 24.2 Å². The van der Waals surface area contributed by atoms with E-state index in [0.717, 1.165) is 0 Å². The predicted octanol–water partition coefficient (Wildman–Crippen LogP) is -0.357. The van der Waals surface area contributed by atoms with Gasteiger partial charge in [0.25, 0.3) is 5.91 Å². The summed E-state index contributed by atoms with van der Waals surface area (Å²) in [7, 11) is 0. The molecule has 2 amide bonds. The minimum atomic E-state index is -0.821. The van der Waals surface area contributed by atoms with Gasteiger partial charge in [-0.3, -0.25) is 20.0 Å². The van der Waals surface area contributed by atoms with Gasteiger partial charge in [0.05, 0.1) is 24.2 Å². The van der Waals surface area contributed by atoms with Crippen LogP contribution in [0.3, 0.4) is 0 Å². The largest absolute Gasteiger partial charge is 0.394 e. The van der Waals surface area contributed by atoms with Gasteiger partial charge < -0.3 is 9.84 Å². The molecular formula is C15H15N3O4. The standard InChI is InChI=1S/C15H15N3O4/c19-8-12-15-4-3-10(22-15)6-11(15)14(21)18(12)17-13(20)9-2-1-5-16-7-9/h1-5,7,10-12,19H,6,8H2,(H,17,20)/t10-,11+,12-,15+/m1/s1. The van der Waals surface area contributed by atoms with Crippen LogP contribution in [0.2, 0.25) is 0 Å². The molecule has 3 aliphatic rings. The molecule has 2 fully saturated rings. The molecule has 2 saturated heterocycles. The molecule has 7 heteroatoms. The van der Waals surface area contributed by atoms with Crippen molar-refractivity contribution in [3.63, 3.8) is 0 Å². The molecule has 3 aliphatic heterocycles. The number of fused-ring (bicyclic) bond motifs is 1. The number of ether oxygens (including phenoxy) is 1. The number of aromatic nitrogens is 1. The molecule has 0 aromatic carbocycles. The first-order chi connectivity index (χ1) is 10.7. The van der Waals surface area contributed by atoms with Crippen LogP contribution < -0.4 is 5.43 Å². The third-order valence-electron chi connectivity index (χ3n) is 4.63. The van der Waals surface area contributed by atoms with Crippen molar-refractivity contribution in [3.05, 3.63) is 42.2 Å². The molecule has 22 heavy (non-hydrogen) atoms. The fourth-order valence-corrected chi connectivity index (χ4v) is 3.61. The molecule has 1 spiro atoms. The van der Waals surface area contributed by atoms with E-state index in [1.165, 1.54) is 11.2 Å². The summed E-state index contributed by atoms with van der Waals surface area (Å²) >= 11 is 0. The van der Waals surface area contributed by atoms with E-state index in [1.54, 1.807) is 18.3 Å². The zero-order chi connectivity index (χ0) is 15.3. The number of pyridine rings is 1. The Hall–Kier alpha value is -2.25. The molecule has 4 atom stereocenters. The normalized spacial score (nSPS) is 35.0. The van der Waals surface area contributed by atoms with Crippen LogP contribution in [0.4, 0.5) is 0 Å². The van der Waals surface area contributed by atoms with Crippen LogP contribution in [-0.2, 0) is 9.53 Å². The van der Waals surface area contributed by atoms with E-state index in [9.17, 15) is 14.7 Å². The average molecular weight is 301 g/mol. The Balaban J connectivity index is 1.61. The van der Waals surface area contributed by atoms with E-state index in [4.69, 9.17) is 4.74 Å². The van der Waals surface area contributed by atoms with Crippen LogP contribution in [0.5, 0.6) is 0 Å². The van der Waals surface area contributed by atoms with Gasteiger partial charge in [-0.25, -0.2) is 5.01 Å². The summed E-state index contributed by atoms with van der Waals surface area (Å²) in [6, 6.07) is 2.64. The maximum atomic E-state index is 12.6. The Labute approximate surface area is 126 Å². The van der Waals surface area contributed by atoms with Crippen LogP contribution in [0.15, 0.2) is 36.7 Å². The second-order valence-electron chi connectivity index (χ2n) is 5.75. The van der Waals surface area contributed by atoms with Gasteiger partial charge in [0.2, 0.25) is 5.91 Å². The molecule has 4 rings (SSSR count). The van der Waals surface area contributed by atoms with Crippen molar-refractivity contribution in [1.82, 2.24) is 15.4 Å². The smallest absolute Gasteiger partial charge is 0.271 e. The second-order valence-corrected chi connectivity index (χ2v) is 5.75. The molecule has 4 heterocycles. The Morgan fingerprint density at radius 3 is 3.14 bits per heavy atom. The predicted molar refractivity (Wildman–Crippen MR) is 74.3 cm³/mol. The number of carbonyl (C=O) groups is 2. The number of hydrazine groups is 1. The molecule has 0 saturated carbocycles. The van der Waals surface area contributed by atoms with E-state index in [-0.39, 0.29) is 24.5 Å². The molecule has 2 N–H and O–H groups in total. The van der Waals surface area contributed by atoms with E-state index in [1.807, 2.05) is 12.2 Å². The molecule has 1 aromatic rings. The first-order valence-corrected chi connectivity index (χ1v) is 7.18. The van der Waals surface area contributed by atoms with Crippen LogP contribution >= 0.6 is 0 Å². The SMILES string of the molecule is O=C(NN1C(=O)[C@@H]2C[C@H]3C=C[C@@]2(O3)[C@H]1CO)c1cccnc1. The van der Waals surface area contributed by atoms with Crippen LogP contribution in [0, 0.1) is 5.92 Å². The van der Waals surface area contributed by atoms with Crippen LogP contribution in [0.25, 0.3) is 0 Å². The lowest BCUT2D eigenvalue weighted by atomic mass is 9.82. The lowest BCUT2D eigenvalue weighted by Crippen LogP contribution is -2.54. The van der Waals surface area contributed by atoms with Gasteiger partial charge in [0.15, 0.2) is 0 Å². The highest BCUT2D eigenvalue weighted by Crippen LogP contribution is 2.51. The van der Waals surface area contributed by atoms with Gasteiger partial charge >= 0.3 is 0 Å². The Morgan fingerprint density at radius 2 is 2.45 bits per heavy atom. The van der Waals surface area contributed by atoms with Gasteiger partial charge in [0, 0.05) is 12.4 Å². The number of nitrogens with one attached hydrogen (secondary N) is 1. The third kappa shape index (κ3) is 1.66. The molecule has 0 radical (unpaired) electrons. The maximum Gasteiger partial charge on any atom is 0.271 e. The summed E-state index contributed by atoms with van der Waals surface area (Å²) in [5.41, 5.74) is 2.11. The van der Waals surface area contributed by atoms with Gasteiger partial charge in [-0.1, -0.05) is 12.2 Å². The maximum absolute atomic E-state index is 12.6. The number of hydrogen-bond acceptors (Lipinski definition) is 5. The summed E-state index contributed by atoms with van der Waals surface area (Å²) in [6.07, 6.45) is 7.27. The van der Waals surface area contributed by atoms with Crippen molar-refractivity contribution >= 4 is 11.8 Å². The monoisotopic (exact) mass is 301 g/mol. The zero-order valence-electron chi connectivity index (χ0n) is 11.7. The lowest BCUT2D eigenvalue weighted by molar-refractivity contribution is -0.135. The summed E-state index contributed by atoms with van der Waals surface area (Å²) < 4.78 is 5.88. The number of rotatable bonds is 3. The topological polar surface area (TPSA) is 91.8 Å². The number of aliphatic hydroxyl groups excluding tert-OH is 1. The number of hydrogen-bond donors (Lipinski definition) is 2. The van der Waals surface area contributed by atoms with Crippen molar-refractivity contribution in [1.29, 1.82) is 0 Å². The lowest BCUT2D eigenvalue weighted by Gasteiger charge is -2.31. The summed E-state index contributed by atoms with van der Waals surface area (Å²) in [5.74, 6) is -1.01. The average Bonchev–Trinajstić information content (AvgIpc) is 3.18. The van der Waals surface area contributed by atoms with E-state index in [2.05, 4.69) is 10.4 Å². The van der Waals surface area contributed by atoms with Crippen molar-refractivity contribution in [2.75, 3.05) is 6.61 Å². The molecule has 0 aliphatic carbocycles.